The topological polar surface area (TPSA) is 116 Å². The summed E-state index contributed by atoms with van der Waals surface area (Å²) in [4.78, 5) is 48.6. The first-order chi connectivity index (χ1) is 17.6. The van der Waals surface area contributed by atoms with E-state index in [0.29, 0.717) is 37.0 Å². The predicted molar refractivity (Wildman–Crippen MR) is 108 cm³/mol. The van der Waals surface area contributed by atoms with Gasteiger partial charge in [-0.3, -0.25) is 9.59 Å². The smallest absolute Gasteiger partial charge is 0.411 e. The molecule has 6 unspecified atom stereocenters. The molecule has 8 nitrogen and oxygen atoms in total. The van der Waals surface area contributed by atoms with Crippen LogP contribution >= 0.6 is 0 Å². The number of carbonyl (C=O) groups is 4. The molecule has 7 fully saturated rings. The van der Waals surface area contributed by atoms with E-state index in [9.17, 15) is 45.5 Å². The van der Waals surface area contributed by atoms with Gasteiger partial charge in [0.2, 0.25) is 0 Å². The van der Waals surface area contributed by atoms with Gasteiger partial charge < -0.3 is 19.3 Å². The Hall–Kier alpha value is -2.54. The third kappa shape index (κ3) is 3.29. The van der Waals surface area contributed by atoms with Gasteiger partial charge in [0, 0.05) is 11.8 Å². The van der Waals surface area contributed by atoms with Gasteiger partial charge in [0.15, 0.2) is 0 Å². The summed E-state index contributed by atoms with van der Waals surface area (Å²) < 4.78 is 98.7. The summed E-state index contributed by atoms with van der Waals surface area (Å²) >= 11 is 0. The van der Waals surface area contributed by atoms with E-state index in [1.54, 1.807) is 0 Å². The Bertz CT molecular complexity index is 1070. The van der Waals surface area contributed by atoms with Crippen LogP contribution in [-0.4, -0.2) is 64.6 Å². The molecule has 6 aliphatic carbocycles. The Labute approximate surface area is 211 Å². The summed E-state index contributed by atoms with van der Waals surface area (Å²) in [5.41, 5.74) is -0.709. The van der Waals surface area contributed by atoms with Crippen molar-refractivity contribution in [1.82, 2.24) is 0 Å². The van der Waals surface area contributed by atoms with Gasteiger partial charge in [-0.1, -0.05) is 0 Å². The number of hydrogen-bond donors (Lipinski definition) is 1. The van der Waals surface area contributed by atoms with Crippen LogP contribution in [0.2, 0.25) is 0 Å². The molecule has 7 rings (SSSR count). The van der Waals surface area contributed by atoms with Crippen LogP contribution in [0.4, 0.5) is 26.3 Å². The fourth-order valence-electron chi connectivity index (χ4n) is 8.56. The Balaban J connectivity index is 1.22. The highest BCUT2D eigenvalue weighted by Crippen LogP contribution is 2.61. The Morgan fingerprint density at radius 2 is 1.42 bits per heavy atom. The minimum atomic E-state index is -6.63. The van der Waals surface area contributed by atoms with Gasteiger partial charge in [0.1, 0.15) is 17.8 Å². The van der Waals surface area contributed by atoms with E-state index >= 15 is 0 Å². The Kier molecular flexibility index (Phi) is 5.26. The van der Waals surface area contributed by atoms with Crippen molar-refractivity contribution in [3.8, 4) is 0 Å². The minimum absolute atomic E-state index is 0.00686. The lowest BCUT2D eigenvalue weighted by Crippen LogP contribution is -2.62. The van der Waals surface area contributed by atoms with E-state index in [-0.39, 0.29) is 6.42 Å². The number of ether oxygens (including phenoxy) is 3. The van der Waals surface area contributed by atoms with Gasteiger partial charge in [0.25, 0.3) is 0 Å². The van der Waals surface area contributed by atoms with Gasteiger partial charge in [-0.15, -0.1) is 0 Å². The maximum Gasteiger partial charge on any atom is 0.411 e. The molecule has 6 atom stereocenters. The third-order valence-corrected chi connectivity index (χ3v) is 9.67. The van der Waals surface area contributed by atoms with Crippen molar-refractivity contribution in [1.29, 1.82) is 0 Å². The number of aliphatic carboxylic acids is 1. The molecule has 0 aromatic heterocycles. The molecule has 0 aromatic rings. The number of carbonyl (C=O) groups excluding carboxylic acids is 3. The van der Waals surface area contributed by atoms with E-state index < -0.39 is 83.1 Å². The van der Waals surface area contributed by atoms with Crippen molar-refractivity contribution in [2.24, 2.45) is 41.4 Å². The Morgan fingerprint density at radius 1 is 0.868 bits per heavy atom. The first-order valence-electron chi connectivity index (χ1n) is 12.6. The first-order valence-corrected chi connectivity index (χ1v) is 12.6. The largest absolute Gasteiger partial charge is 0.477 e. The molecule has 1 heterocycles. The van der Waals surface area contributed by atoms with Crippen LogP contribution < -0.4 is 0 Å². The summed E-state index contributed by atoms with van der Waals surface area (Å²) in [6.45, 7) is 0. The summed E-state index contributed by atoms with van der Waals surface area (Å²) in [7, 11) is 0. The molecule has 1 N–H and O–H groups in total. The fraction of sp³-hybridized carbons (Fsp3) is 0.833. The normalized spacial score (nSPS) is 42.8. The molecular formula is C24H24F6O8. The first kappa shape index (κ1) is 25.7. The lowest BCUT2D eigenvalue weighted by atomic mass is 9.54. The standard InChI is InChI=1S/C24H24F6O8/c25-22(26,19(33)34)24(29,30)23(27,28)20(35)37-16-12-4-11-13(17(31)36-15(11)16)14(12)18(32)38-21-5-8-1-9(6-21)3-10(2-8)7-21/h8-16H,1-7H2,(H,33,34). The van der Waals surface area contributed by atoms with Crippen LogP contribution in [0.1, 0.15) is 44.9 Å². The molecule has 7 aliphatic rings. The molecule has 0 aromatic carbocycles. The van der Waals surface area contributed by atoms with E-state index in [1.807, 2.05) is 0 Å². The number of rotatable bonds is 7. The number of fused-ring (bicyclic) bond motifs is 1. The van der Waals surface area contributed by atoms with Crippen LogP contribution in [-0.2, 0) is 33.4 Å². The van der Waals surface area contributed by atoms with Crippen molar-refractivity contribution in [2.45, 2.75) is 80.5 Å². The maximum atomic E-state index is 14.2. The molecule has 6 saturated carbocycles. The average Bonchev–Trinajstić information content (AvgIpc) is 3.41. The van der Waals surface area contributed by atoms with Gasteiger partial charge in [-0.2, -0.15) is 26.3 Å². The molecule has 38 heavy (non-hydrogen) atoms. The van der Waals surface area contributed by atoms with Crippen molar-refractivity contribution >= 4 is 23.9 Å². The zero-order valence-corrected chi connectivity index (χ0v) is 19.7. The quantitative estimate of drug-likeness (QED) is 0.290. The van der Waals surface area contributed by atoms with Crippen molar-refractivity contribution < 1.29 is 64.8 Å². The second-order valence-corrected chi connectivity index (χ2v) is 11.9. The highest BCUT2D eigenvalue weighted by Gasteiger charge is 2.80. The average molecular weight is 554 g/mol. The van der Waals surface area contributed by atoms with Gasteiger partial charge >= 0.3 is 41.6 Å². The molecule has 0 radical (unpaired) electrons. The molecule has 1 saturated heterocycles. The van der Waals surface area contributed by atoms with Crippen LogP contribution in [0, 0.1) is 41.4 Å². The summed E-state index contributed by atoms with van der Waals surface area (Å²) in [5, 5.41) is 8.29. The summed E-state index contributed by atoms with van der Waals surface area (Å²) in [6, 6.07) is 0. The number of halogens is 6. The zero-order chi connectivity index (χ0) is 27.6. The second-order valence-electron chi connectivity index (χ2n) is 11.9. The lowest BCUT2D eigenvalue weighted by Gasteiger charge is -2.56. The van der Waals surface area contributed by atoms with E-state index in [1.165, 1.54) is 0 Å². The number of esters is 3. The van der Waals surface area contributed by atoms with Crippen LogP contribution in [0.3, 0.4) is 0 Å². The molecule has 1 aliphatic heterocycles. The number of carboxylic acid groups (broad SMARTS) is 1. The minimum Gasteiger partial charge on any atom is -0.477 e. The highest BCUT2D eigenvalue weighted by atomic mass is 19.3. The SMILES string of the molecule is O=C1OC2C3CC(C2OC(=O)C(F)(F)C(F)(F)C(F)(F)C(=O)O)C(C(=O)OC24CC5CC(CC(C5)C2)C4)C13. The zero-order valence-electron chi connectivity index (χ0n) is 19.7. The predicted octanol–water partition coefficient (Wildman–Crippen LogP) is 3.21. The number of carboxylic acids is 1. The molecular weight excluding hydrogens is 530 g/mol. The second kappa shape index (κ2) is 7.77. The monoisotopic (exact) mass is 554 g/mol. The van der Waals surface area contributed by atoms with Gasteiger partial charge in [-0.25, -0.2) is 9.59 Å². The number of hydrogen-bond acceptors (Lipinski definition) is 7. The van der Waals surface area contributed by atoms with Crippen molar-refractivity contribution in [3.05, 3.63) is 0 Å². The van der Waals surface area contributed by atoms with Crippen LogP contribution in [0.15, 0.2) is 0 Å². The van der Waals surface area contributed by atoms with E-state index in [0.717, 1.165) is 19.3 Å². The van der Waals surface area contributed by atoms with Crippen molar-refractivity contribution in [3.63, 3.8) is 0 Å². The van der Waals surface area contributed by atoms with E-state index in [4.69, 9.17) is 14.6 Å². The molecule has 6 bridgehead atoms. The molecule has 210 valence electrons. The van der Waals surface area contributed by atoms with Crippen LogP contribution in [0.25, 0.3) is 0 Å². The number of alkyl halides is 6. The summed E-state index contributed by atoms with van der Waals surface area (Å²) in [6.07, 6.45) is 2.06. The van der Waals surface area contributed by atoms with E-state index in [2.05, 4.69) is 4.74 Å². The molecule has 0 spiro atoms. The molecule has 14 heteroatoms. The van der Waals surface area contributed by atoms with Crippen molar-refractivity contribution in [2.75, 3.05) is 0 Å². The lowest BCUT2D eigenvalue weighted by molar-refractivity contribution is -0.302. The molecule has 0 amide bonds. The third-order valence-electron chi connectivity index (χ3n) is 9.67. The maximum absolute atomic E-state index is 14.2. The fourth-order valence-corrected chi connectivity index (χ4v) is 8.56. The van der Waals surface area contributed by atoms with Gasteiger partial charge in [-0.05, 0) is 62.7 Å². The summed E-state index contributed by atoms with van der Waals surface area (Å²) in [5.74, 6) is -30.3. The van der Waals surface area contributed by atoms with Crippen LogP contribution in [0.5, 0.6) is 0 Å². The van der Waals surface area contributed by atoms with Gasteiger partial charge in [0.05, 0.1) is 11.8 Å². The Morgan fingerprint density at radius 3 is 1.95 bits per heavy atom. The highest BCUT2D eigenvalue weighted by molar-refractivity contribution is 5.87.